The van der Waals surface area contributed by atoms with E-state index < -0.39 is 17.8 Å². The monoisotopic (exact) mass is 484 g/mol. The second kappa shape index (κ2) is 10.1. The van der Waals surface area contributed by atoms with Gasteiger partial charge < -0.3 is 19.9 Å². The van der Waals surface area contributed by atoms with Crippen molar-refractivity contribution in [2.24, 2.45) is 0 Å². The molecule has 0 spiro atoms. The Labute approximate surface area is 194 Å². The van der Waals surface area contributed by atoms with Crippen LogP contribution in [0.2, 0.25) is 0 Å². The highest BCUT2D eigenvalue weighted by Crippen LogP contribution is 2.32. The summed E-state index contributed by atoms with van der Waals surface area (Å²) in [6, 6.07) is 3.11. The molecule has 3 heterocycles. The summed E-state index contributed by atoms with van der Waals surface area (Å²) in [6.07, 6.45) is -2.00. The van der Waals surface area contributed by atoms with Gasteiger partial charge in [0.2, 0.25) is 5.82 Å². The smallest absolute Gasteiger partial charge is 0.416 e. The minimum absolute atomic E-state index is 0.132. The van der Waals surface area contributed by atoms with Crippen molar-refractivity contribution >= 4 is 29.3 Å². The number of benzene rings is 1. The summed E-state index contributed by atoms with van der Waals surface area (Å²) in [7, 11) is 0. The predicted octanol–water partition coefficient (Wildman–Crippen LogP) is 3.69. The number of rotatable bonds is 6. The number of alkyl halides is 3. The summed E-state index contributed by atoms with van der Waals surface area (Å²) >= 11 is 1.09. The lowest BCUT2D eigenvalue weighted by Gasteiger charge is -2.34. The molecule has 2 aliphatic heterocycles. The number of likely N-dealkylation sites (tertiary alicyclic amines) is 1. The van der Waals surface area contributed by atoms with Gasteiger partial charge in [-0.05, 0) is 56.6 Å². The molecule has 1 N–H and O–H groups in total. The van der Waals surface area contributed by atoms with Gasteiger partial charge in [-0.15, -0.1) is 4.37 Å². The van der Waals surface area contributed by atoms with Gasteiger partial charge in [0, 0.05) is 38.4 Å². The Morgan fingerprint density at radius 1 is 1.09 bits per heavy atom. The molecule has 2 aromatic rings. The van der Waals surface area contributed by atoms with E-state index in [9.17, 15) is 18.0 Å². The summed E-state index contributed by atoms with van der Waals surface area (Å²) in [6.45, 7) is 7.08. The highest BCUT2D eigenvalue weighted by atomic mass is 32.1. The molecule has 2 saturated heterocycles. The molecule has 1 aromatic carbocycles. The maximum atomic E-state index is 13.1. The Hall–Kier alpha value is -2.60. The van der Waals surface area contributed by atoms with Crippen molar-refractivity contribution in [1.82, 2.24) is 18.5 Å². The molecule has 2 aliphatic rings. The van der Waals surface area contributed by atoms with Crippen molar-refractivity contribution in [1.29, 1.82) is 0 Å². The molecule has 0 unspecified atom stereocenters. The van der Waals surface area contributed by atoms with Crippen molar-refractivity contribution in [3.8, 4) is 5.88 Å². The Morgan fingerprint density at radius 2 is 1.82 bits per heavy atom. The van der Waals surface area contributed by atoms with E-state index in [1.807, 2.05) is 4.90 Å². The van der Waals surface area contributed by atoms with Crippen molar-refractivity contribution in [2.45, 2.75) is 25.9 Å². The molecule has 2 amide bonds. The first-order valence-corrected chi connectivity index (χ1v) is 11.7. The Balaban J connectivity index is 1.29. The molecule has 0 aliphatic carbocycles. The maximum Gasteiger partial charge on any atom is 0.416 e. The van der Waals surface area contributed by atoms with Crippen LogP contribution in [0.4, 0.5) is 29.5 Å². The highest BCUT2D eigenvalue weighted by molar-refractivity contribution is 6.99. The summed E-state index contributed by atoms with van der Waals surface area (Å²) in [5.41, 5.74) is -0.221. The minimum Gasteiger partial charge on any atom is -0.473 e. The van der Waals surface area contributed by atoms with E-state index in [1.165, 1.54) is 18.9 Å². The number of carbonyl (C=O) groups is 1. The second-order valence-electron chi connectivity index (χ2n) is 8.28. The third-order valence-corrected chi connectivity index (χ3v) is 6.31. The van der Waals surface area contributed by atoms with E-state index in [2.05, 4.69) is 19.0 Å². The predicted molar refractivity (Wildman–Crippen MR) is 120 cm³/mol. The van der Waals surface area contributed by atoms with Gasteiger partial charge in [-0.3, -0.25) is 4.90 Å². The fourth-order valence-corrected chi connectivity index (χ4v) is 4.60. The van der Waals surface area contributed by atoms with Crippen LogP contribution in [-0.2, 0) is 6.18 Å². The molecule has 8 nitrogen and oxygen atoms in total. The molecular formula is C21H27F3N6O2S. The highest BCUT2D eigenvalue weighted by Gasteiger charge is 2.31. The molecule has 12 heteroatoms. The summed E-state index contributed by atoms with van der Waals surface area (Å²) in [4.78, 5) is 18.6. The molecule has 4 rings (SSSR count). The van der Waals surface area contributed by atoms with Gasteiger partial charge in [-0.25, -0.2) is 4.79 Å². The van der Waals surface area contributed by atoms with Crippen LogP contribution in [0.1, 0.15) is 24.0 Å². The zero-order valence-electron chi connectivity index (χ0n) is 18.4. The van der Waals surface area contributed by atoms with E-state index >= 15 is 0 Å². The maximum absolute atomic E-state index is 13.1. The van der Waals surface area contributed by atoms with Crippen molar-refractivity contribution in [2.75, 3.05) is 62.6 Å². The van der Waals surface area contributed by atoms with E-state index in [0.29, 0.717) is 50.0 Å². The lowest BCUT2D eigenvalue weighted by molar-refractivity contribution is -0.137. The van der Waals surface area contributed by atoms with Gasteiger partial charge in [-0.2, -0.15) is 17.5 Å². The Kier molecular flexibility index (Phi) is 7.23. The molecule has 33 heavy (non-hydrogen) atoms. The standard InChI is InChI=1S/C21H27F3N6O2S/c1-15-12-16(21(22,23)24)14-17(13-15)25-20(31)30-8-6-29(7-9-30)18-19(27-33-26-18)32-11-10-28-4-2-3-5-28/h12-14H,2-11H2,1H3,(H,25,31). The number of halogens is 3. The van der Waals surface area contributed by atoms with Crippen LogP contribution in [0.5, 0.6) is 5.88 Å². The largest absolute Gasteiger partial charge is 0.473 e. The topological polar surface area (TPSA) is 73.8 Å². The number of piperazine rings is 1. The van der Waals surface area contributed by atoms with E-state index in [4.69, 9.17) is 4.74 Å². The first-order chi connectivity index (χ1) is 15.8. The Bertz CT molecular complexity index is 956. The van der Waals surface area contributed by atoms with Gasteiger partial charge in [0.25, 0.3) is 5.88 Å². The molecule has 2 fully saturated rings. The normalized spacial score (nSPS) is 17.5. The average Bonchev–Trinajstić information content (AvgIpc) is 3.45. The van der Waals surface area contributed by atoms with Gasteiger partial charge in [0.05, 0.1) is 17.3 Å². The van der Waals surface area contributed by atoms with Crippen molar-refractivity contribution in [3.63, 3.8) is 0 Å². The molecule has 0 radical (unpaired) electrons. The van der Waals surface area contributed by atoms with Crippen molar-refractivity contribution in [3.05, 3.63) is 29.3 Å². The number of ether oxygens (including phenoxy) is 1. The van der Waals surface area contributed by atoms with Gasteiger partial charge in [0.1, 0.15) is 6.61 Å². The lowest BCUT2D eigenvalue weighted by atomic mass is 10.1. The molecular weight excluding hydrogens is 457 g/mol. The van der Waals surface area contributed by atoms with Gasteiger partial charge in [-0.1, -0.05) is 0 Å². The number of nitrogens with one attached hydrogen (secondary N) is 1. The minimum atomic E-state index is -4.47. The molecule has 1 aromatic heterocycles. The number of urea groups is 1. The molecule has 0 atom stereocenters. The summed E-state index contributed by atoms with van der Waals surface area (Å²) < 4.78 is 53.7. The number of aryl methyl sites for hydroxylation is 1. The zero-order valence-corrected chi connectivity index (χ0v) is 19.2. The van der Waals surface area contributed by atoms with Crippen LogP contribution >= 0.6 is 11.7 Å². The number of aromatic nitrogens is 2. The first-order valence-electron chi connectivity index (χ1n) is 11.0. The number of carbonyl (C=O) groups excluding carboxylic acids is 1. The van der Waals surface area contributed by atoms with E-state index in [1.54, 1.807) is 11.8 Å². The van der Waals surface area contributed by atoms with E-state index in [0.717, 1.165) is 43.5 Å². The van der Waals surface area contributed by atoms with Gasteiger partial charge in [0.15, 0.2) is 0 Å². The molecule has 0 saturated carbocycles. The number of amides is 2. The third-order valence-electron chi connectivity index (χ3n) is 5.81. The number of hydrogen-bond donors (Lipinski definition) is 1. The quantitative estimate of drug-likeness (QED) is 0.674. The third kappa shape index (κ3) is 6.05. The number of anilines is 2. The fourth-order valence-electron chi connectivity index (χ4n) is 4.08. The van der Waals surface area contributed by atoms with E-state index in [-0.39, 0.29) is 5.69 Å². The Morgan fingerprint density at radius 3 is 2.52 bits per heavy atom. The average molecular weight is 485 g/mol. The van der Waals surface area contributed by atoms with Crippen LogP contribution in [0.3, 0.4) is 0 Å². The zero-order chi connectivity index (χ0) is 23.4. The lowest BCUT2D eigenvalue weighted by Crippen LogP contribution is -2.50. The molecule has 180 valence electrons. The van der Waals surface area contributed by atoms with Crippen LogP contribution in [0, 0.1) is 6.92 Å². The SMILES string of the molecule is Cc1cc(NC(=O)N2CCN(c3nsnc3OCCN3CCCC3)CC2)cc(C(F)(F)F)c1. The summed E-state index contributed by atoms with van der Waals surface area (Å²) in [5, 5.41) is 2.59. The molecule has 0 bridgehead atoms. The van der Waals surface area contributed by atoms with Gasteiger partial charge >= 0.3 is 12.2 Å². The summed E-state index contributed by atoms with van der Waals surface area (Å²) in [5.74, 6) is 1.19. The number of hydrogen-bond acceptors (Lipinski definition) is 7. The van der Waals surface area contributed by atoms with Crippen LogP contribution < -0.4 is 15.0 Å². The number of nitrogens with zero attached hydrogens (tertiary/aromatic N) is 5. The fraction of sp³-hybridized carbons (Fsp3) is 0.571. The van der Waals surface area contributed by atoms with Crippen LogP contribution in [-0.4, -0.2) is 77.0 Å². The van der Waals surface area contributed by atoms with Crippen LogP contribution in [0.25, 0.3) is 0 Å². The first kappa shape index (κ1) is 23.6. The van der Waals surface area contributed by atoms with Crippen LogP contribution in [0.15, 0.2) is 18.2 Å². The second-order valence-corrected chi connectivity index (χ2v) is 8.81. The van der Waals surface area contributed by atoms with Crippen molar-refractivity contribution < 1.29 is 22.7 Å².